The summed E-state index contributed by atoms with van der Waals surface area (Å²) >= 11 is 0. The van der Waals surface area contributed by atoms with Gasteiger partial charge in [0.15, 0.2) is 0 Å². The van der Waals surface area contributed by atoms with Crippen LogP contribution in [0, 0.1) is 0 Å². The van der Waals surface area contributed by atoms with Crippen molar-refractivity contribution in [1.29, 1.82) is 0 Å². The average Bonchev–Trinajstić information content (AvgIpc) is 2.55. The summed E-state index contributed by atoms with van der Waals surface area (Å²) in [6, 6.07) is 9.58. The first-order valence-corrected chi connectivity index (χ1v) is 7.34. The minimum absolute atomic E-state index is 0.0418. The number of carbonyl (C=O) groups excluding carboxylic acids is 1. The molecule has 21 heavy (non-hydrogen) atoms. The lowest BCUT2D eigenvalue weighted by Gasteiger charge is -2.31. The van der Waals surface area contributed by atoms with Gasteiger partial charge in [0, 0.05) is 43.4 Å². The monoisotopic (exact) mass is 284 g/mol. The van der Waals surface area contributed by atoms with Crippen molar-refractivity contribution in [2.75, 3.05) is 31.5 Å². The lowest BCUT2D eigenvalue weighted by molar-refractivity contribution is -0.120. The van der Waals surface area contributed by atoms with E-state index in [-0.39, 0.29) is 11.9 Å². The molecule has 110 valence electrons. The summed E-state index contributed by atoms with van der Waals surface area (Å²) in [5, 5.41) is 7.33. The van der Waals surface area contributed by atoms with Crippen LogP contribution in [0.1, 0.15) is 6.92 Å². The van der Waals surface area contributed by atoms with Crippen LogP contribution in [0.2, 0.25) is 0 Å². The van der Waals surface area contributed by atoms with E-state index < -0.39 is 0 Å². The topological polar surface area (TPSA) is 57.3 Å². The van der Waals surface area contributed by atoms with Gasteiger partial charge in [-0.15, -0.1) is 0 Å². The summed E-state index contributed by atoms with van der Waals surface area (Å²) in [6.45, 7) is 5.67. The Morgan fingerprint density at radius 1 is 1.33 bits per heavy atom. The molecule has 1 aliphatic rings. The van der Waals surface area contributed by atoms with E-state index in [4.69, 9.17) is 0 Å². The Hall–Kier alpha value is -1.98. The molecular weight excluding hydrogens is 264 g/mol. The molecule has 1 fully saturated rings. The first-order valence-electron chi connectivity index (χ1n) is 7.34. The molecule has 0 bridgehead atoms. The largest absolute Gasteiger partial charge is 0.325 e. The van der Waals surface area contributed by atoms with Gasteiger partial charge in [-0.3, -0.25) is 14.7 Å². The Balaban J connectivity index is 1.70. The average molecular weight is 284 g/mol. The maximum atomic E-state index is 12.4. The predicted octanol–water partition coefficient (Wildman–Crippen LogP) is 1.47. The van der Waals surface area contributed by atoms with Crippen LogP contribution >= 0.6 is 0 Å². The number of nitrogens with zero attached hydrogens (tertiary/aromatic N) is 2. The zero-order valence-corrected chi connectivity index (χ0v) is 12.2. The number of hydrogen-bond donors (Lipinski definition) is 2. The fraction of sp³-hybridized carbons (Fsp3) is 0.375. The Labute approximate surface area is 124 Å². The smallest absolute Gasteiger partial charge is 0.241 e. The summed E-state index contributed by atoms with van der Waals surface area (Å²) in [7, 11) is 0. The van der Waals surface area contributed by atoms with Gasteiger partial charge in [-0.1, -0.05) is 6.07 Å². The molecule has 0 saturated carbocycles. The molecule has 2 aromatic rings. The highest BCUT2D eigenvalue weighted by Crippen LogP contribution is 2.17. The minimum atomic E-state index is -0.114. The number of rotatable bonds is 3. The van der Waals surface area contributed by atoms with Crippen molar-refractivity contribution in [1.82, 2.24) is 15.2 Å². The molecule has 0 aliphatic carbocycles. The van der Waals surface area contributed by atoms with E-state index in [0.29, 0.717) is 0 Å². The van der Waals surface area contributed by atoms with Crippen LogP contribution in [0.4, 0.5) is 5.69 Å². The number of hydrogen-bond acceptors (Lipinski definition) is 4. The van der Waals surface area contributed by atoms with Crippen LogP contribution in [0.5, 0.6) is 0 Å². The predicted molar refractivity (Wildman–Crippen MR) is 84.3 cm³/mol. The molecule has 1 aromatic carbocycles. The number of aromatic nitrogens is 1. The van der Waals surface area contributed by atoms with Crippen LogP contribution in [0.15, 0.2) is 36.5 Å². The summed E-state index contributed by atoms with van der Waals surface area (Å²) in [4.78, 5) is 18.8. The Bertz CT molecular complexity index is 637. The van der Waals surface area contributed by atoms with Crippen molar-refractivity contribution < 1.29 is 4.79 Å². The van der Waals surface area contributed by atoms with Gasteiger partial charge in [0.25, 0.3) is 0 Å². The highest BCUT2D eigenvalue weighted by Gasteiger charge is 2.22. The van der Waals surface area contributed by atoms with Crippen molar-refractivity contribution in [2.45, 2.75) is 13.0 Å². The normalized spacial score (nSPS) is 17.6. The van der Waals surface area contributed by atoms with Crippen molar-refractivity contribution in [3.05, 3.63) is 36.5 Å². The van der Waals surface area contributed by atoms with Gasteiger partial charge < -0.3 is 10.6 Å². The van der Waals surface area contributed by atoms with Gasteiger partial charge in [-0.2, -0.15) is 0 Å². The zero-order chi connectivity index (χ0) is 14.7. The number of anilines is 1. The summed E-state index contributed by atoms with van der Waals surface area (Å²) in [5.74, 6) is 0.0418. The van der Waals surface area contributed by atoms with E-state index in [9.17, 15) is 4.79 Å². The molecule has 1 amide bonds. The third kappa shape index (κ3) is 3.20. The maximum Gasteiger partial charge on any atom is 0.241 e. The van der Waals surface area contributed by atoms with Gasteiger partial charge >= 0.3 is 0 Å². The van der Waals surface area contributed by atoms with Crippen LogP contribution < -0.4 is 10.6 Å². The van der Waals surface area contributed by atoms with E-state index in [2.05, 4.69) is 20.5 Å². The van der Waals surface area contributed by atoms with E-state index in [1.807, 2.05) is 37.3 Å². The van der Waals surface area contributed by atoms with Crippen molar-refractivity contribution >= 4 is 22.5 Å². The van der Waals surface area contributed by atoms with Gasteiger partial charge in [-0.05, 0) is 31.2 Å². The standard InChI is InChI=1S/C16H20N4O/c1-12(20-9-7-17-8-10-20)16(21)19-14-4-5-15-13(11-14)3-2-6-18-15/h2-6,11-12,17H,7-10H2,1H3,(H,19,21). The zero-order valence-electron chi connectivity index (χ0n) is 12.2. The molecule has 2 N–H and O–H groups in total. The van der Waals surface area contributed by atoms with Gasteiger partial charge in [0.1, 0.15) is 0 Å². The van der Waals surface area contributed by atoms with E-state index in [1.54, 1.807) is 6.20 Å². The molecule has 1 saturated heterocycles. The number of benzene rings is 1. The van der Waals surface area contributed by atoms with Crippen molar-refractivity contribution in [2.24, 2.45) is 0 Å². The Morgan fingerprint density at radius 3 is 2.95 bits per heavy atom. The number of amides is 1. The first kappa shape index (κ1) is 14.0. The fourth-order valence-corrected chi connectivity index (χ4v) is 2.64. The molecule has 1 atom stereocenters. The van der Waals surface area contributed by atoms with Crippen molar-refractivity contribution in [3.8, 4) is 0 Å². The minimum Gasteiger partial charge on any atom is -0.325 e. The van der Waals surface area contributed by atoms with E-state index >= 15 is 0 Å². The Morgan fingerprint density at radius 2 is 2.14 bits per heavy atom. The number of fused-ring (bicyclic) bond motifs is 1. The van der Waals surface area contributed by atoms with E-state index in [1.165, 1.54) is 0 Å². The second-order valence-corrected chi connectivity index (χ2v) is 5.36. The molecular formula is C16H20N4O. The Kier molecular flexibility index (Phi) is 4.13. The highest BCUT2D eigenvalue weighted by atomic mass is 16.2. The quantitative estimate of drug-likeness (QED) is 0.896. The van der Waals surface area contributed by atoms with Gasteiger partial charge in [0.05, 0.1) is 11.6 Å². The third-order valence-corrected chi connectivity index (χ3v) is 3.95. The maximum absolute atomic E-state index is 12.4. The second-order valence-electron chi connectivity index (χ2n) is 5.36. The van der Waals surface area contributed by atoms with Crippen molar-refractivity contribution in [3.63, 3.8) is 0 Å². The third-order valence-electron chi connectivity index (χ3n) is 3.95. The molecule has 0 spiro atoms. The fourth-order valence-electron chi connectivity index (χ4n) is 2.64. The van der Waals surface area contributed by atoms with Crippen LogP contribution in [-0.2, 0) is 4.79 Å². The van der Waals surface area contributed by atoms with Crippen LogP contribution in [0.3, 0.4) is 0 Å². The lowest BCUT2D eigenvalue weighted by Crippen LogP contribution is -2.51. The summed E-state index contributed by atoms with van der Waals surface area (Å²) in [5.41, 5.74) is 1.76. The number of pyridine rings is 1. The molecule has 3 rings (SSSR count). The summed E-state index contributed by atoms with van der Waals surface area (Å²) in [6.07, 6.45) is 1.77. The summed E-state index contributed by atoms with van der Waals surface area (Å²) < 4.78 is 0. The SMILES string of the molecule is CC(C(=O)Nc1ccc2ncccc2c1)N1CCNCC1. The molecule has 5 nitrogen and oxygen atoms in total. The van der Waals surface area contributed by atoms with E-state index in [0.717, 1.165) is 42.8 Å². The number of piperazine rings is 1. The molecule has 2 heterocycles. The van der Waals surface area contributed by atoms with Crippen LogP contribution in [-0.4, -0.2) is 48.0 Å². The molecule has 0 radical (unpaired) electrons. The van der Waals surface area contributed by atoms with Gasteiger partial charge in [-0.25, -0.2) is 0 Å². The van der Waals surface area contributed by atoms with Crippen LogP contribution in [0.25, 0.3) is 10.9 Å². The molecule has 1 aromatic heterocycles. The van der Waals surface area contributed by atoms with Gasteiger partial charge in [0.2, 0.25) is 5.91 Å². The number of nitrogens with one attached hydrogen (secondary N) is 2. The lowest BCUT2D eigenvalue weighted by atomic mass is 10.2. The second kappa shape index (κ2) is 6.20. The molecule has 1 aliphatic heterocycles. The molecule has 5 heteroatoms. The molecule has 1 unspecified atom stereocenters. The number of carbonyl (C=O) groups is 1. The highest BCUT2D eigenvalue weighted by molar-refractivity contribution is 5.96. The first-order chi connectivity index (χ1) is 10.2.